The number of halogens is 1. The molecule has 0 unspecified atom stereocenters. The summed E-state index contributed by atoms with van der Waals surface area (Å²) in [7, 11) is 0. The number of imidazole rings is 1. The second-order valence-electron chi connectivity index (χ2n) is 4.33. The summed E-state index contributed by atoms with van der Waals surface area (Å²) in [4.78, 5) is 24.1. The molecule has 110 valence electrons. The van der Waals surface area contributed by atoms with Crippen molar-refractivity contribution >= 4 is 29.0 Å². The van der Waals surface area contributed by atoms with Crippen molar-refractivity contribution in [3.63, 3.8) is 0 Å². The first-order valence-electron chi connectivity index (χ1n) is 6.35. The van der Waals surface area contributed by atoms with Gasteiger partial charge in [-0.2, -0.15) is 0 Å². The van der Waals surface area contributed by atoms with Gasteiger partial charge in [0.2, 0.25) is 5.95 Å². The minimum absolute atomic E-state index is 0.388. The zero-order valence-corrected chi connectivity index (χ0v) is 12.0. The quantitative estimate of drug-likeness (QED) is 0.778. The molecule has 22 heavy (non-hydrogen) atoms. The Kier molecular flexibility index (Phi) is 3.97. The predicted molar refractivity (Wildman–Crippen MR) is 83.2 cm³/mol. The van der Waals surface area contributed by atoms with Crippen LogP contribution < -0.4 is 10.6 Å². The average Bonchev–Trinajstić information content (AvgIpc) is 3.05. The molecule has 2 aromatic heterocycles. The fourth-order valence-electron chi connectivity index (χ4n) is 1.72. The highest BCUT2D eigenvalue weighted by Crippen LogP contribution is 2.14. The van der Waals surface area contributed by atoms with E-state index in [0.29, 0.717) is 22.3 Å². The van der Waals surface area contributed by atoms with Gasteiger partial charge in [0.1, 0.15) is 6.33 Å². The Labute approximate surface area is 131 Å². The van der Waals surface area contributed by atoms with Crippen molar-refractivity contribution in [1.29, 1.82) is 0 Å². The zero-order valence-electron chi connectivity index (χ0n) is 11.3. The molecule has 0 fully saturated rings. The van der Waals surface area contributed by atoms with Gasteiger partial charge in [0.05, 0.1) is 18.1 Å². The lowest BCUT2D eigenvalue weighted by Gasteiger charge is -2.07. The van der Waals surface area contributed by atoms with Crippen molar-refractivity contribution in [2.75, 3.05) is 10.6 Å². The summed E-state index contributed by atoms with van der Waals surface area (Å²) >= 11 is 5.78. The average molecular weight is 315 g/mol. The van der Waals surface area contributed by atoms with E-state index in [1.165, 1.54) is 12.4 Å². The van der Waals surface area contributed by atoms with Crippen molar-refractivity contribution in [1.82, 2.24) is 19.5 Å². The van der Waals surface area contributed by atoms with Crippen LogP contribution in [-0.4, -0.2) is 25.6 Å². The molecular formula is C14H11ClN6O. The number of carbonyl (C=O) groups is 1. The summed E-state index contributed by atoms with van der Waals surface area (Å²) in [6.07, 6.45) is 7.99. The van der Waals surface area contributed by atoms with Gasteiger partial charge in [0.15, 0.2) is 0 Å². The maximum absolute atomic E-state index is 11.9. The molecule has 2 N–H and O–H groups in total. The van der Waals surface area contributed by atoms with E-state index in [4.69, 9.17) is 11.6 Å². The standard InChI is InChI=1S/C14H11ClN6O/c15-10-1-3-11(4-2-10)19-14(22)20-12-7-17-13(18-8-12)21-6-5-16-9-21/h1-9H,(H2,19,20,22). The number of nitrogens with zero attached hydrogens (tertiary/aromatic N) is 4. The Hall–Kier alpha value is -2.93. The molecule has 0 bridgehead atoms. The fraction of sp³-hybridized carbons (Fsp3) is 0. The number of benzene rings is 1. The van der Waals surface area contributed by atoms with Crippen LogP contribution in [0.5, 0.6) is 0 Å². The van der Waals surface area contributed by atoms with Crippen LogP contribution in [0.2, 0.25) is 5.02 Å². The van der Waals surface area contributed by atoms with Gasteiger partial charge < -0.3 is 10.6 Å². The monoisotopic (exact) mass is 314 g/mol. The Morgan fingerprint density at radius 3 is 2.36 bits per heavy atom. The Morgan fingerprint density at radius 1 is 1.05 bits per heavy atom. The molecule has 8 heteroatoms. The molecule has 0 aliphatic rings. The van der Waals surface area contributed by atoms with E-state index in [-0.39, 0.29) is 6.03 Å². The molecule has 2 amide bonds. The highest BCUT2D eigenvalue weighted by Gasteiger charge is 2.04. The van der Waals surface area contributed by atoms with Crippen molar-refractivity contribution in [3.8, 4) is 5.95 Å². The molecule has 7 nitrogen and oxygen atoms in total. The summed E-state index contributed by atoms with van der Waals surface area (Å²) in [5.74, 6) is 0.473. The summed E-state index contributed by atoms with van der Waals surface area (Å²) in [6.45, 7) is 0. The van der Waals surface area contributed by atoms with E-state index in [1.54, 1.807) is 47.6 Å². The maximum atomic E-state index is 11.9. The number of amides is 2. The van der Waals surface area contributed by atoms with E-state index >= 15 is 0 Å². The largest absolute Gasteiger partial charge is 0.323 e. The van der Waals surface area contributed by atoms with E-state index in [9.17, 15) is 4.79 Å². The smallest absolute Gasteiger partial charge is 0.308 e. The lowest BCUT2D eigenvalue weighted by atomic mass is 10.3. The molecule has 1 aromatic carbocycles. The van der Waals surface area contributed by atoms with Crippen LogP contribution in [0.4, 0.5) is 16.2 Å². The number of anilines is 2. The van der Waals surface area contributed by atoms with Crippen LogP contribution in [0, 0.1) is 0 Å². The van der Waals surface area contributed by atoms with Gasteiger partial charge in [0.25, 0.3) is 0 Å². The second-order valence-corrected chi connectivity index (χ2v) is 4.76. The Bertz CT molecular complexity index is 755. The SMILES string of the molecule is O=C(Nc1ccc(Cl)cc1)Nc1cnc(-n2ccnc2)nc1. The molecule has 2 heterocycles. The first-order valence-corrected chi connectivity index (χ1v) is 6.72. The van der Waals surface area contributed by atoms with Crippen LogP contribution in [-0.2, 0) is 0 Å². The molecule has 0 aliphatic carbocycles. The van der Waals surface area contributed by atoms with Gasteiger partial charge in [0, 0.05) is 23.1 Å². The van der Waals surface area contributed by atoms with E-state index in [2.05, 4.69) is 25.6 Å². The van der Waals surface area contributed by atoms with Crippen molar-refractivity contribution in [2.45, 2.75) is 0 Å². The summed E-state index contributed by atoms with van der Waals surface area (Å²) in [6, 6.07) is 6.42. The third-order valence-corrected chi connectivity index (χ3v) is 2.99. The third kappa shape index (κ3) is 3.39. The maximum Gasteiger partial charge on any atom is 0.323 e. The van der Waals surface area contributed by atoms with E-state index in [1.807, 2.05) is 0 Å². The molecule has 0 saturated heterocycles. The predicted octanol–water partition coefficient (Wildman–Crippen LogP) is 2.96. The Morgan fingerprint density at radius 2 is 1.73 bits per heavy atom. The van der Waals surface area contributed by atoms with E-state index < -0.39 is 0 Å². The highest BCUT2D eigenvalue weighted by atomic mass is 35.5. The minimum atomic E-state index is -0.388. The van der Waals surface area contributed by atoms with Gasteiger partial charge in [-0.05, 0) is 24.3 Å². The summed E-state index contributed by atoms with van der Waals surface area (Å²) < 4.78 is 1.66. The van der Waals surface area contributed by atoms with Crippen molar-refractivity contribution in [3.05, 3.63) is 60.4 Å². The first-order chi connectivity index (χ1) is 10.7. The topological polar surface area (TPSA) is 84.7 Å². The fourth-order valence-corrected chi connectivity index (χ4v) is 1.85. The molecular weight excluding hydrogens is 304 g/mol. The van der Waals surface area contributed by atoms with Crippen LogP contribution >= 0.6 is 11.6 Å². The number of hydrogen-bond acceptors (Lipinski definition) is 4. The molecule has 0 saturated carbocycles. The van der Waals surface area contributed by atoms with Gasteiger partial charge in [-0.3, -0.25) is 4.57 Å². The minimum Gasteiger partial charge on any atom is -0.308 e. The number of hydrogen-bond donors (Lipinski definition) is 2. The lowest BCUT2D eigenvalue weighted by Crippen LogP contribution is -2.19. The molecule has 0 spiro atoms. The molecule has 3 aromatic rings. The number of nitrogens with one attached hydrogen (secondary N) is 2. The third-order valence-electron chi connectivity index (χ3n) is 2.73. The van der Waals surface area contributed by atoms with Crippen LogP contribution in [0.1, 0.15) is 0 Å². The van der Waals surface area contributed by atoms with Crippen LogP contribution in [0.3, 0.4) is 0 Å². The number of carbonyl (C=O) groups excluding carboxylic acids is 1. The van der Waals surface area contributed by atoms with Gasteiger partial charge in [-0.15, -0.1) is 0 Å². The number of aromatic nitrogens is 4. The normalized spacial score (nSPS) is 10.2. The van der Waals surface area contributed by atoms with Gasteiger partial charge in [-0.1, -0.05) is 11.6 Å². The second kappa shape index (κ2) is 6.23. The number of urea groups is 1. The first kappa shape index (κ1) is 14.0. The Balaban J connectivity index is 1.63. The van der Waals surface area contributed by atoms with Crippen molar-refractivity contribution in [2.24, 2.45) is 0 Å². The molecule has 0 radical (unpaired) electrons. The molecule has 0 atom stereocenters. The molecule has 0 aliphatic heterocycles. The number of rotatable bonds is 3. The molecule has 3 rings (SSSR count). The summed E-state index contributed by atoms with van der Waals surface area (Å²) in [5, 5.41) is 5.93. The zero-order chi connectivity index (χ0) is 15.4. The van der Waals surface area contributed by atoms with Gasteiger partial charge in [-0.25, -0.2) is 19.7 Å². The van der Waals surface area contributed by atoms with Crippen LogP contribution in [0.25, 0.3) is 5.95 Å². The lowest BCUT2D eigenvalue weighted by molar-refractivity contribution is 0.262. The van der Waals surface area contributed by atoms with Crippen LogP contribution in [0.15, 0.2) is 55.4 Å². The van der Waals surface area contributed by atoms with E-state index in [0.717, 1.165) is 0 Å². The summed E-state index contributed by atoms with van der Waals surface area (Å²) in [5.41, 5.74) is 1.12. The van der Waals surface area contributed by atoms with Crippen molar-refractivity contribution < 1.29 is 4.79 Å². The highest BCUT2D eigenvalue weighted by molar-refractivity contribution is 6.30. The van der Waals surface area contributed by atoms with Gasteiger partial charge >= 0.3 is 6.03 Å².